The fourth-order valence-electron chi connectivity index (χ4n) is 1.28. The third kappa shape index (κ3) is 3.15. The third-order valence-corrected chi connectivity index (χ3v) is 2.92. The van der Waals surface area contributed by atoms with Crippen molar-refractivity contribution >= 4 is 17.0 Å². The van der Waals surface area contributed by atoms with E-state index in [1.165, 1.54) is 0 Å². The normalized spacial score (nSPS) is 14.2. The minimum absolute atomic E-state index is 0.165. The summed E-state index contributed by atoms with van der Waals surface area (Å²) < 4.78 is 26.7. The number of carbonyl (C=O) groups excluding carboxylic acids is 1. The van der Waals surface area contributed by atoms with Crippen LogP contribution in [0.1, 0.15) is 23.3 Å². The van der Waals surface area contributed by atoms with Gasteiger partial charge in [-0.3, -0.25) is 9.00 Å². The van der Waals surface area contributed by atoms with Gasteiger partial charge in [-0.2, -0.15) is 0 Å². The van der Waals surface area contributed by atoms with Crippen LogP contribution in [0.4, 0.5) is 0 Å². The molecule has 0 spiro atoms. The Morgan fingerprint density at radius 1 is 1.44 bits per heavy atom. The van der Waals surface area contributed by atoms with E-state index in [9.17, 15) is 13.6 Å². The summed E-state index contributed by atoms with van der Waals surface area (Å²) in [6.45, 7) is 3.69. The SMILES string of the molecule is CCOC(=O)C(c1ccc(C)cc1)S(=O)[O-]. The standard InChI is InChI=1S/C11H14O4S/c1-3-15-11(12)10(16(13)14)9-6-4-8(2)5-7-9/h4-7,10H,3H2,1-2H3,(H,13,14)/p-1. The molecule has 0 aliphatic carbocycles. The van der Waals surface area contributed by atoms with Crippen molar-refractivity contribution in [3.63, 3.8) is 0 Å². The first-order chi connectivity index (χ1) is 7.56. The molecule has 0 aliphatic heterocycles. The number of hydrogen-bond donors (Lipinski definition) is 0. The molecule has 0 saturated heterocycles. The molecule has 0 N–H and O–H groups in total. The Balaban J connectivity index is 2.98. The molecule has 1 rings (SSSR count). The van der Waals surface area contributed by atoms with Gasteiger partial charge in [-0.05, 0) is 30.5 Å². The quantitative estimate of drug-likeness (QED) is 0.591. The molecule has 0 bridgehead atoms. The molecule has 0 amide bonds. The van der Waals surface area contributed by atoms with Gasteiger partial charge in [-0.25, -0.2) is 0 Å². The first-order valence-corrected chi connectivity index (χ1v) is 6.01. The molecule has 16 heavy (non-hydrogen) atoms. The van der Waals surface area contributed by atoms with Crippen molar-refractivity contribution in [2.75, 3.05) is 6.61 Å². The Morgan fingerprint density at radius 2 is 2.00 bits per heavy atom. The summed E-state index contributed by atoms with van der Waals surface area (Å²) in [5.41, 5.74) is 1.43. The summed E-state index contributed by atoms with van der Waals surface area (Å²) in [6, 6.07) is 6.75. The number of rotatable bonds is 4. The van der Waals surface area contributed by atoms with Crippen LogP contribution in [0.5, 0.6) is 0 Å². The van der Waals surface area contributed by atoms with Crippen LogP contribution in [0.15, 0.2) is 24.3 Å². The van der Waals surface area contributed by atoms with Crippen LogP contribution in [0.3, 0.4) is 0 Å². The highest BCUT2D eigenvalue weighted by atomic mass is 32.2. The topological polar surface area (TPSA) is 66.4 Å². The molecular formula is C11H13O4S-. The van der Waals surface area contributed by atoms with Gasteiger partial charge in [-0.15, -0.1) is 0 Å². The van der Waals surface area contributed by atoms with E-state index in [1.807, 2.05) is 6.92 Å². The lowest BCUT2D eigenvalue weighted by molar-refractivity contribution is -0.142. The zero-order valence-electron chi connectivity index (χ0n) is 9.14. The van der Waals surface area contributed by atoms with E-state index in [1.54, 1.807) is 31.2 Å². The number of ether oxygens (including phenoxy) is 1. The maximum atomic E-state index is 11.5. The Kier molecular flexibility index (Phi) is 4.64. The zero-order valence-corrected chi connectivity index (χ0v) is 9.95. The second-order valence-electron chi connectivity index (χ2n) is 3.30. The Morgan fingerprint density at radius 3 is 2.44 bits per heavy atom. The highest BCUT2D eigenvalue weighted by molar-refractivity contribution is 7.80. The van der Waals surface area contributed by atoms with Crippen LogP contribution in [-0.4, -0.2) is 21.3 Å². The van der Waals surface area contributed by atoms with Crippen molar-refractivity contribution in [2.45, 2.75) is 19.1 Å². The van der Waals surface area contributed by atoms with Gasteiger partial charge in [0.25, 0.3) is 0 Å². The Labute approximate surface area is 96.9 Å². The van der Waals surface area contributed by atoms with Crippen LogP contribution in [0, 0.1) is 6.92 Å². The monoisotopic (exact) mass is 241 g/mol. The minimum atomic E-state index is -2.52. The molecule has 2 atom stereocenters. The predicted octanol–water partition coefficient (Wildman–Crippen LogP) is 1.48. The lowest BCUT2D eigenvalue weighted by Gasteiger charge is -2.18. The van der Waals surface area contributed by atoms with E-state index in [4.69, 9.17) is 4.74 Å². The molecule has 0 heterocycles. The van der Waals surface area contributed by atoms with Crippen molar-refractivity contribution < 1.29 is 18.3 Å². The molecule has 0 aromatic heterocycles. The zero-order chi connectivity index (χ0) is 12.1. The number of carbonyl (C=O) groups is 1. The first kappa shape index (κ1) is 12.9. The summed E-state index contributed by atoms with van der Waals surface area (Å²) in [7, 11) is 0. The molecule has 88 valence electrons. The molecule has 5 heteroatoms. The highest BCUT2D eigenvalue weighted by Gasteiger charge is 2.22. The summed E-state index contributed by atoms with van der Waals surface area (Å²) in [5.74, 6) is -0.736. The average molecular weight is 241 g/mol. The van der Waals surface area contributed by atoms with Crippen LogP contribution < -0.4 is 0 Å². The van der Waals surface area contributed by atoms with Crippen molar-refractivity contribution in [2.24, 2.45) is 0 Å². The van der Waals surface area contributed by atoms with E-state index >= 15 is 0 Å². The van der Waals surface area contributed by atoms with Gasteiger partial charge in [0.05, 0.1) is 6.61 Å². The van der Waals surface area contributed by atoms with Gasteiger partial charge in [-0.1, -0.05) is 29.8 Å². The molecule has 1 aromatic rings. The van der Waals surface area contributed by atoms with Gasteiger partial charge in [0.2, 0.25) is 0 Å². The lowest BCUT2D eigenvalue weighted by Crippen LogP contribution is -2.20. The van der Waals surface area contributed by atoms with E-state index in [-0.39, 0.29) is 6.61 Å². The van der Waals surface area contributed by atoms with E-state index in [0.717, 1.165) is 5.56 Å². The Hall–Kier alpha value is -1.20. The summed E-state index contributed by atoms with van der Waals surface area (Å²) in [4.78, 5) is 11.5. The summed E-state index contributed by atoms with van der Waals surface area (Å²) in [5, 5.41) is -1.24. The summed E-state index contributed by atoms with van der Waals surface area (Å²) in [6.07, 6.45) is 0. The largest absolute Gasteiger partial charge is 0.771 e. The van der Waals surface area contributed by atoms with Crippen molar-refractivity contribution in [1.82, 2.24) is 0 Å². The predicted molar refractivity (Wildman–Crippen MR) is 59.5 cm³/mol. The maximum absolute atomic E-state index is 11.5. The van der Waals surface area contributed by atoms with Crippen molar-refractivity contribution in [1.29, 1.82) is 0 Å². The lowest BCUT2D eigenvalue weighted by atomic mass is 10.1. The molecular weight excluding hydrogens is 228 g/mol. The molecule has 0 fully saturated rings. The third-order valence-electron chi connectivity index (χ3n) is 2.07. The number of benzene rings is 1. The van der Waals surface area contributed by atoms with Crippen LogP contribution in [0.25, 0.3) is 0 Å². The van der Waals surface area contributed by atoms with Crippen LogP contribution in [0.2, 0.25) is 0 Å². The van der Waals surface area contributed by atoms with Crippen LogP contribution >= 0.6 is 0 Å². The van der Waals surface area contributed by atoms with Gasteiger partial charge >= 0.3 is 5.97 Å². The number of aryl methyl sites for hydroxylation is 1. The Bertz CT molecular complexity index is 385. The second kappa shape index (κ2) is 5.77. The van der Waals surface area contributed by atoms with E-state index < -0.39 is 22.3 Å². The second-order valence-corrected chi connectivity index (χ2v) is 4.30. The van der Waals surface area contributed by atoms with Crippen LogP contribution in [-0.2, 0) is 20.6 Å². The fraction of sp³-hybridized carbons (Fsp3) is 0.364. The van der Waals surface area contributed by atoms with Gasteiger partial charge in [0.1, 0.15) is 5.25 Å². The highest BCUT2D eigenvalue weighted by Crippen LogP contribution is 2.20. The molecule has 0 aliphatic rings. The van der Waals surface area contributed by atoms with Crippen molar-refractivity contribution in [3.05, 3.63) is 35.4 Å². The number of hydrogen-bond acceptors (Lipinski definition) is 4. The number of esters is 1. The molecule has 4 nitrogen and oxygen atoms in total. The van der Waals surface area contributed by atoms with E-state index in [2.05, 4.69) is 0 Å². The van der Waals surface area contributed by atoms with E-state index in [0.29, 0.717) is 5.56 Å². The first-order valence-electron chi connectivity index (χ1n) is 4.87. The average Bonchev–Trinajstić information content (AvgIpc) is 2.21. The maximum Gasteiger partial charge on any atom is 0.325 e. The van der Waals surface area contributed by atoms with Gasteiger partial charge in [0.15, 0.2) is 0 Å². The molecule has 2 unspecified atom stereocenters. The minimum Gasteiger partial charge on any atom is -0.771 e. The fourth-order valence-corrected chi connectivity index (χ4v) is 1.89. The van der Waals surface area contributed by atoms with Gasteiger partial charge in [0, 0.05) is 0 Å². The summed E-state index contributed by atoms with van der Waals surface area (Å²) >= 11 is -2.52. The molecule has 1 aromatic carbocycles. The molecule has 0 radical (unpaired) electrons. The smallest absolute Gasteiger partial charge is 0.325 e. The van der Waals surface area contributed by atoms with Gasteiger partial charge < -0.3 is 9.29 Å². The molecule has 0 saturated carbocycles. The van der Waals surface area contributed by atoms with Crippen molar-refractivity contribution in [3.8, 4) is 0 Å².